The number of carbonyl (C=O) groups is 1. The fourth-order valence-corrected chi connectivity index (χ4v) is 2.96. The summed E-state index contributed by atoms with van der Waals surface area (Å²) in [6.45, 7) is 4.51. The highest BCUT2D eigenvalue weighted by Crippen LogP contribution is 2.23. The number of nitrogens with zero attached hydrogens (tertiary/aromatic N) is 4. The van der Waals surface area contributed by atoms with E-state index in [1.807, 2.05) is 30.7 Å². The van der Waals surface area contributed by atoms with Crippen molar-refractivity contribution >= 4 is 40.1 Å². The lowest BCUT2D eigenvalue weighted by Gasteiger charge is -2.17. The lowest BCUT2D eigenvalue weighted by atomic mass is 10.2. The lowest BCUT2D eigenvalue weighted by molar-refractivity contribution is 0.0785. The molecule has 0 spiro atoms. The predicted octanol–water partition coefficient (Wildman–Crippen LogP) is 4.59. The van der Waals surface area contributed by atoms with Gasteiger partial charge in [0.25, 0.3) is 5.91 Å². The molecule has 0 N–H and O–H groups in total. The van der Waals surface area contributed by atoms with Gasteiger partial charge in [0, 0.05) is 31.2 Å². The number of hydrogen-bond donors (Lipinski definition) is 0. The Balaban J connectivity index is 1.81. The third kappa shape index (κ3) is 3.62. The van der Waals surface area contributed by atoms with Crippen LogP contribution in [0.25, 0.3) is 11.0 Å². The number of amides is 1. The van der Waals surface area contributed by atoms with Gasteiger partial charge in [0.1, 0.15) is 0 Å². The van der Waals surface area contributed by atoms with Crippen molar-refractivity contribution in [2.45, 2.75) is 26.4 Å². The topological polar surface area (TPSA) is 51.0 Å². The van der Waals surface area contributed by atoms with E-state index >= 15 is 0 Å². The smallest absolute Gasteiger partial charge is 0.255 e. The van der Waals surface area contributed by atoms with Crippen LogP contribution in [-0.4, -0.2) is 32.6 Å². The van der Waals surface area contributed by atoms with Gasteiger partial charge in [-0.2, -0.15) is 5.10 Å². The molecule has 0 fully saturated rings. The first-order chi connectivity index (χ1) is 11.9. The molecule has 0 atom stereocenters. The molecule has 2 aromatic heterocycles. The number of rotatable bonds is 4. The zero-order valence-corrected chi connectivity index (χ0v) is 15.7. The second-order valence-corrected chi connectivity index (χ2v) is 7.04. The summed E-state index contributed by atoms with van der Waals surface area (Å²) in [5, 5.41) is 6.15. The molecule has 3 rings (SSSR count). The summed E-state index contributed by atoms with van der Waals surface area (Å²) in [5.74, 6) is -0.113. The van der Waals surface area contributed by atoms with E-state index in [-0.39, 0.29) is 11.9 Å². The van der Waals surface area contributed by atoms with E-state index in [0.29, 0.717) is 22.2 Å². The number of pyridine rings is 1. The Hall–Kier alpha value is -2.11. The highest BCUT2D eigenvalue weighted by Gasteiger charge is 2.15. The van der Waals surface area contributed by atoms with Gasteiger partial charge in [-0.15, -0.1) is 0 Å². The molecule has 0 unspecified atom stereocenters. The Morgan fingerprint density at radius 2 is 1.96 bits per heavy atom. The van der Waals surface area contributed by atoms with E-state index in [1.54, 1.807) is 36.5 Å². The van der Waals surface area contributed by atoms with Gasteiger partial charge >= 0.3 is 0 Å². The van der Waals surface area contributed by atoms with Crippen LogP contribution in [0.1, 0.15) is 35.8 Å². The van der Waals surface area contributed by atoms with Crippen LogP contribution in [0, 0.1) is 0 Å². The molecule has 5 nitrogen and oxygen atoms in total. The zero-order chi connectivity index (χ0) is 18.1. The van der Waals surface area contributed by atoms with Crippen LogP contribution < -0.4 is 0 Å². The van der Waals surface area contributed by atoms with Crippen molar-refractivity contribution < 1.29 is 4.79 Å². The number of halogens is 2. The van der Waals surface area contributed by atoms with Crippen molar-refractivity contribution in [2.75, 3.05) is 7.05 Å². The van der Waals surface area contributed by atoms with E-state index in [1.165, 1.54) is 0 Å². The van der Waals surface area contributed by atoms with Gasteiger partial charge in [0.05, 0.1) is 21.8 Å². The summed E-state index contributed by atoms with van der Waals surface area (Å²) in [4.78, 5) is 18.7. The van der Waals surface area contributed by atoms with Crippen LogP contribution in [-0.2, 0) is 6.54 Å². The SMILES string of the molecule is CC(C)n1ncc2cc(C(=O)N(C)Cc3ccc(Cl)c(Cl)c3)cnc21. The van der Waals surface area contributed by atoms with Crippen molar-refractivity contribution in [2.24, 2.45) is 0 Å². The molecule has 25 heavy (non-hydrogen) atoms. The molecule has 0 saturated heterocycles. The molecule has 0 bridgehead atoms. The fraction of sp³-hybridized carbons (Fsp3) is 0.278. The predicted molar refractivity (Wildman–Crippen MR) is 100 cm³/mol. The summed E-state index contributed by atoms with van der Waals surface area (Å²) in [6.07, 6.45) is 3.33. The summed E-state index contributed by atoms with van der Waals surface area (Å²) in [5.41, 5.74) is 2.21. The fourth-order valence-electron chi connectivity index (χ4n) is 2.64. The lowest BCUT2D eigenvalue weighted by Crippen LogP contribution is -2.26. The molecule has 2 heterocycles. The number of carbonyl (C=O) groups excluding carboxylic acids is 1. The summed E-state index contributed by atoms with van der Waals surface area (Å²) in [7, 11) is 1.74. The monoisotopic (exact) mass is 376 g/mol. The zero-order valence-electron chi connectivity index (χ0n) is 14.2. The van der Waals surface area contributed by atoms with Crippen molar-refractivity contribution in [1.29, 1.82) is 0 Å². The first-order valence-corrected chi connectivity index (χ1v) is 8.65. The first-order valence-electron chi connectivity index (χ1n) is 7.89. The first kappa shape index (κ1) is 17.7. The Morgan fingerprint density at radius 3 is 2.64 bits per heavy atom. The molecule has 0 aliphatic heterocycles. The second-order valence-electron chi connectivity index (χ2n) is 6.23. The Kier molecular flexibility index (Phi) is 4.97. The van der Waals surface area contributed by atoms with Gasteiger partial charge < -0.3 is 4.90 Å². The maximum absolute atomic E-state index is 12.7. The second kappa shape index (κ2) is 7.02. The number of hydrogen-bond acceptors (Lipinski definition) is 3. The normalized spacial score (nSPS) is 11.3. The molecule has 130 valence electrons. The molecule has 0 saturated carbocycles. The minimum Gasteiger partial charge on any atom is -0.337 e. The van der Waals surface area contributed by atoms with Gasteiger partial charge in [0.2, 0.25) is 0 Å². The van der Waals surface area contributed by atoms with Crippen LogP contribution >= 0.6 is 23.2 Å². The van der Waals surface area contributed by atoms with Gasteiger partial charge in [0.15, 0.2) is 5.65 Å². The maximum Gasteiger partial charge on any atom is 0.255 e. The molecule has 1 amide bonds. The van der Waals surface area contributed by atoms with E-state index in [9.17, 15) is 4.79 Å². The largest absolute Gasteiger partial charge is 0.337 e. The molecule has 7 heteroatoms. The summed E-state index contributed by atoms with van der Waals surface area (Å²) in [6, 6.07) is 7.38. The standard InChI is InChI=1S/C18H18Cl2N4O/c1-11(2)24-17-13(9-22-24)7-14(8-21-17)18(25)23(3)10-12-4-5-15(19)16(20)6-12/h4-9,11H,10H2,1-3H3. The minimum absolute atomic E-state index is 0.113. The highest BCUT2D eigenvalue weighted by molar-refractivity contribution is 6.42. The van der Waals surface area contributed by atoms with Crippen molar-refractivity contribution in [3.8, 4) is 0 Å². The molecule has 0 radical (unpaired) electrons. The van der Waals surface area contributed by atoms with Crippen LogP contribution in [0.15, 0.2) is 36.7 Å². The molecular formula is C18H18Cl2N4O. The van der Waals surface area contributed by atoms with E-state index < -0.39 is 0 Å². The van der Waals surface area contributed by atoms with E-state index in [4.69, 9.17) is 23.2 Å². The van der Waals surface area contributed by atoms with Crippen molar-refractivity contribution in [1.82, 2.24) is 19.7 Å². The summed E-state index contributed by atoms with van der Waals surface area (Å²) < 4.78 is 1.84. The maximum atomic E-state index is 12.7. The molecule has 1 aromatic carbocycles. The molecule has 0 aliphatic rings. The minimum atomic E-state index is -0.113. The average Bonchev–Trinajstić information content (AvgIpc) is 3.00. The van der Waals surface area contributed by atoms with E-state index in [2.05, 4.69) is 10.1 Å². The Labute approximate surface area is 156 Å². The number of benzene rings is 1. The molecule has 0 aliphatic carbocycles. The van der Waals surface area contributed by atoms with E-state index in [0.717, 1.165) is 16.6 Å². The number of fused-ring (bicyclic) bond motifs is 1. The van der Waals surface area contributed by atoms with Crippen molar-refractivity contribution in [3.63, 3.8) is 0 Å². The van der Waals surface area contributed by atoms with Gasteiger partial charge in [-0.05, 0) is 37.6 Å². The molecule has 3 aromatic rings. The Morgan fingerprint density at radius 1 is 1.20 bits per heavy atom. The van der Waals surface area contributed by atoms with Gasteiger partial charge in [-0.1, -0.05) is 29.3 Å². The highest BCUT2D eigenvalue weighted by atomic mass is 35.5. The van der Waals surface area contributed by atoms with Crippen LogP contribution in [0.3, 0.4) is 0 Å². The van der Waals surface area contributed by atoms with Crippen molar-refractivity contribution in [3.05, 3.63) is 57.8 Å². The third-order valence-corrected chi connectivity index (χ3v) is 4.66. The Bertz CT molecular complexity index is 936. The van der Waals surface area contributed by atoms with Crippen LogP contribution in [0.5, 0.6) is 0 Å². The third-order valence-electron chi connectivity index (χ3n) is 3.92. The number of aromatic nitrogens is 3. The quantitative estimate of drug-likeness (QED) is 0.668. The summed E-state index contributed by atoms with van der Waals surface area (Å²) >= 11 is 12.0. The average molecular weight is 377 g/mol. The van der Waals surface area contributed by atoms with Gasteiger partial charge in [-0.3, -0.25) is 4.79 Å². The van der Waals surface area contributed by atoms with Crippen LogP contribution in [0.2, 0.25) is 10.0 Å². The van der Waals surface area contributed by atoms with Crippen LogP contribution in [0.4, 0.5) is 0 Å². The van der Waals surface area contributed by atoms with Gasteiger partial charge in [-0.25, -0.2) is 9.67 Å². The molecular weight excluding hydrogens is 359 g/mol.